The Labute approximate surface area is 118 Å². The minimum absolute atomic E-state index is 0.118. The van der Waals surface area contributed by atoms with Gasteiger partial charge in [0, 0.05) is 36.4 Å². The molecule has 0 saturated heterocycles. The second kappa shape index (κ2) is 5.69. The Morgan fingerprint density at radius 3 is 2.50 bits per heavy atom. The van der Waals surface area contributed by atoms with Crippen LogP contribution in [0.3, 0.4) is 0 Å². The molecule has 2 rings (SSSR count). The molecule has 5 nitrogen and oxygen atoms in total. The van der Waals surface area contributed by atoms with Crippen LogP contribution in [0.5, 0.6) is 0 Å². The highest BCUT2D eigenvalue weighted by Crippen LogP contribution is 2.19. The van der Waals surface area contributed by atoms with Crippen LogP contribution in [0.15, 0.2) is 36.7 Å². The average Bonchev–Trinajstić information content (AvgIpc) is 2.46. The molecule has 2 heterocycles. The lowest BCUT2D eigenvalue weighted by atomic mass is 10.1. The summed E-state index contributed by atoms with van der Waals surface area (Å²) in [6.45, 7) is 4.03. The summed E-state index contributed by atoms with van der Waals surface area (Å²) in [5.74, 6) is 0.464. The Kier molecular flexibility index (Phi) is 3.98. The Balaban J connectivity index is 2.34. The molecule has 0 bridgehead atoms. The maximum Gasteiger partial charge on any atom is 0.258 e. The summed E-state index contributed by atoms with van der Waals surface area (Å²) in [6, 6.07) is 6.96. The molecule has 2 N–H and O–H groups in total. The topological polar surface area (TPSA) is 72.1 Å². The van der Waals surface area contributed by atoms with Crippen LogP contribution in [-0.4, -0.2) is 22.9 Å². The minimum Gasteiger partial charge on any atom is -0.384 e. The van der Waals surface area contributed by atoms with Gasteiger partial charge in [0.15, 0.2) is 0 Å². The first-order valence-corrected chi connectivity index (χ1v) is 6.44. The molecule has 0 atom stereocenters. The average molecular weight is 270 g/mol. The van der Waals surface area contributed by atoms with Gasteiger partial charge in [-0.2, -0.15) is 0 Å². The van der Waals surface area contributed by atoms with Crippen LogP contribution < -0.4 is 10.6 Å². The molecule has 2 aromatic rings. The standard InChI is InChI=1S/C15H18N4O/c1-10(2)13-8-11(9-14(16)18-13)15(20)19(3)12-4-6-17-7-5-12/h4-10H,1-3H3,(H2,16,18). The zero-order valence-corrected chi connectivity index (χ0v) is 11.9. The molecule has 1 amide bonds. The van der Waals surface area contributed by atoms with Crippen molar-refractivity contribution < 1.29 is 4.79 Å². The van der Waals surface area contributed by atoms with E-state index in [1.165, 1.54) is 0 Å². The third-order valence-corrected chi connectivity index (χ3v) is 3.06. The fourth-order valence-electron chi connectivity index (χ4n) is 1.87. The lowest BCUT2D eigenvalue weighted by Crippen LogP contribution is -2.26. The van der Waals surface area contributed by atoms with Gasteiger partial charge < -0.3 is 10.6 Å². The number of aromatic nitrogens is 2. The number of nitrogens with zero attached hydrogens (tertiary/aromatic N) is 3. The molecular formula is C15H18N4O. The molecule has 0 aliphatic carbocycles. The number of rotatable bonds is 3. The molecule has 2 aromatic heterocycles. The number of carbonyl (C=O) groups is 1. The number of anilines is 2. The number of carbonyl (C=O) groups excluding carboxylic acids is 1. The second-order valence-electron chi connectivity index (χ2n) is 4.93. The molecule has 0 radical (unpaired) electrons. The molecule has 0 unspecified atom stereocenters. The predicted octanol–water partition coefficient (Wildman–Crippen LogP) is 2.46. The Bertz CT molecular complexity index is 611. The Morgan fingerprint density at radius 1 is 1.25 bits per heavy atom. The van der Waals surface area contributed by atoms with Crippen molar-refractivity contribution in [3.8, 4) is 0 Å². The molecule has 0 aromatic carbocycles. The number of nitrogens with two attached hydrogens (primary N) is 1. The first-order valence-electron chi connectivity index (χ1n) is 6.44. The van der Waals surface area contributed by atoms with E-state index in [0.29, 0.717) is 11.4 Å². The van der Waals surface area contributed by atoms with Crippen molar-refractivity contribution in [2.45, 2.75) is 19.8 Å². The maximum atomic E-state index is 12.5. The fraction of sp³-hybridized carbons (Fsp3) is 0.267. The van der Waals surface area contributed by atoms with E-state index < -0.39 is 0 Å². The van der Waals surface area contributed by atoms with Gasteiger partial charge in [0.05, 0.1) is 0 Å². The number of nitrogen functional groups attached to an aromatic ring is 1. The van der Waals surface area contributed by atoms with Crippen molar-refractivity contribution in [2.24, 2.45) is 0 Å². The lowest BCUT2D eigenvalue weighted by Gasteiger charge is -2.18. The summed E-state index contributed by atoms with van der Waals surface area (Å²) in [7, 11) is 1.73. The summed E-state index contributed by atoms with van der Waals surface area (Å²) >= 11 is 0. The highest BCUT2D eigenvalue weighted by molar-refractivity contribution is 6.06. The van der Waals surface area contributed by atoms with Gasteiger partial charge in [0.25, 0.3) is 5.91 Å². The van der Waals surface area contributed by atoms with E-state index in [0.717, 1.165) is 11.4 Å². The van der Waals surface area contributed by atoms with E-state index in [4.69, 9.17) is 5.73 Å². The molecule has 20 heavy (non-hydrogen) atoms. The quantitative estimate of drug-likeness (QED) is 0.929. The summed E-state index contributed by atoms with van der Waals surface area (Å²) in [5.41, 5.74) is 7.92. The van der Waals surface area contributed by atoms with Crippen molar-refractivity contribution in [2.75, 3.05) is 17.7 Å². The normalized spacial score (nSPS) is 10.6. The zero-order chi connectivity index (χ0) is 14.7. The van der Waals surface area contributed by atoms with Gasteiger partial charge >= 0.3 is 0 Å². The Hall–Kier alpha value is -2.43. The summed E-state index contributed by atoms with van der Waals surface area (Å²) < 4.78 is 0. The SMILES string of the molecule is CC(C)c1cc(C(=O)N(C)c2ccncc2)cc(N)n1. The highest BCUT2D eigenvalue weighted by Gasteiger charge is 2.16. The second-order valence-corrected chi connectivity index (χ2v) is 4.93. The number of hydrogen-bond acceptors (Lipinski definition) is 4. The third kappa shape index (κ3) is 2.93. The first-order chi connectivity index (χ1) is 9.49. The molecule has 0 spiro atoms. The van der Waals surface area contributed by atoms with E-state index in [9.17, 15) is 4.79 Å². The van der Waals surface area contributed by atoms with E-state index in [1.807, 2.05) is 13.8 Å². The molecule has 0 aliphatic rings. The van der Waals surface area contributed by atoms with Gasteiger partial charge in [-0.15, -0.1) is 0 Å². The highest BCUT2D eigenvalue weighted by atomic mass is 16.2. The van der Waals surface area contributed by atoms with Crippen molar-refractivity contribution >= 4 is 17.4 Å². The smallest absolute Gasteiger partial charge is 0.258 e. The van der Waals surface area contributed by atoms with E-state index >= 15 is 0 Å². The predicted molar refractivity (Wildman–Crippen MR) is 79.7 cm³/mol. The lowest BCUT2D eigenvalue weighted by molar-refractivity contribution is 0.0993. The van der Waals surface area contributed by atoms with Crippen LogP contribution >= 0.6 is 0 Å². The summed E-state index contributed by atoms with van der Waals surface area (Å²) in [5, 5.41) is 0. The van der Waals surface area contributed by atoms with Gasteiger partial charge in [-0.25, -0.2) is 4.98 Å². The van der Waals surface area contributed by atoms with Gasteiger partial charge in [-0.05, 0) is 30.2 Å². The third-order valence-electron chi connectivity index (χ3n) is 3.06. The van der Waals surface area contributed by atoms with E-state index in [2.05, 4.69) is 9.97 Å². The summed E-state index contributed by atoms with van der Waals surface area (Å²) in [4.78, 5) is 22.3. The van der Waals surface area contributed by atoms with Crippen LogP contribution in [0, 0.1) is 0 Å². The van der Waals surface area contributed by atoms with Crippen LogP contribution in [0.4, 0.5) is 11.5 Å². The molecule has 5 heteroatoms. The number of hydrogen-bond donors (Lipinski definition) is 1. The molecule has 0 fully saturated rings. The van der Waals surface area contributed by atoms with Gasteiger partial charge in [0.2, 0.25) is 0 Å². The van der Waals surface area contributed by atoms with Crippen molar-refractivity contribution in [1.29, 1.82) is 0 Å². The van der Waals surface area contributed by atoms with Gasteiger partial charge in [-0.3, -0.25) is 9.78 Å². The van der Waals surface area contributed by atoms with Crippen LogP contribution in [-0.2, 0) is 0 Å². The Morgan fingerprint density at radius 2 is 1.90 bits per heavy atom. The first kappa shape index (κ1) is 14.0. The number of pyridine rings is 2. The van der Waals surface area contributed by atoms with E-state index in [1.54, 1.807) is 48.6 Å². The molecule has 104 valence electrons. The molecular weight excluding hydrogens is 252 g/mol. The minimum atomic E-state index is -0.118. The van der Waals surface area contributed by atoms with Crippen molar-refractivity contribution in [1.82, 2.24) is 9.97 Å². The van der Waals surface area contributed by atoms with Crippen LogP contribution in [0.1, 0.15) is 35.8 Å². The van der Waals surface area contributed by atoms with Crippen molar-refractivity contribution in [3.63, 3.8) is 0 Å². The molecule has 0 aliphatic heterocycles. The van der Waals surface area contributed by atoms with Crippen LogP contribution in [0.2, 0.25) is 0 Å². The monoisotopic (exact) mass is 270 g/mol. The summed E-state index contributed by atoms with van der Waals surface area (Å²) in [6.07, 6.45) is 3.30. The number of amides is 1. The fourth-order valence-corrected chi connectivity index (χ4v) is 1.87. The largest absolute Gasteiger partial charge is 0.384 e. The van der Waals surface area contributed by atoms with Crippen LogP contribution in [0.25, 0.3) is 0 Å². The van der Waals surface area contributed by atoms with Gasteiger partial charge in [-0.1, -0.05) is 13.8 Å². The van der Waals surface area contributed by atoms with Crippen molar-refractivity contribution in [3.05, 3.63) is 47.9 Å². The molecule has 0 saturated carbocycles. The maximum absolute atomic E-state index is 12.5. The zero-order valence-electron chi connectivity index (χ0n) is 11.9. The van der Waals surface area contributed by atoms with Gasteiger partial charge in [0.1, 0.15) is 5.82 Å². The van der Waals surface area contributed by atoms with E-state index in [-0.39, 0.29) is 11.8 Å².